The highest BCUT2D eigenvalue weighted by molar-refractivity contribution is 5.30. The molecule has 0 aromatic heterocycles. The fourth-order valence-electron chi connectivity index (χ4n) is 0.645. The summed E-state index contributed by atoms with van der Waals surface area (Å²) in [5.41, 5.74) is 0.567. The van der Waals surface area contributed by atoms with Crippen LogP contribution in [0.3, 0.4) is 0 Å². The van der Waals surface area contributed by atoms with Crippen LogP contribution in [-0.2, 0) is 6.61 Å². The minimum absolute atomic E-state index is 0. The predicted molar refractivity (Wildman–Crippen MR) is 36.1 cm³/mol. The summed E-state index contributed by atoms with van der Waals surface area (Å²) in [5.74, 6) is 0.153. The van der Waals surface area contributed by atoms with Crippen LogP contribution in [0.1, 0.15) is 6.99 Å². The first kappa shape index (κ1) is 6.11. The zero-order valence-electron chi connectivity index (χ0n) is 4.91. The van der Waals surface area contributed by atoms with E-state index in [9.17, 15) is 0 Å². The number of hydrogen-bond acceptors (Lipinski definition) is 2. The van der Waals surface area contributed by atoms with Crippen molar-refractivity contribution >= 4 is 0 Å². The van der Waals surface area contributed by atoms with E-state index in [1.807, 2.05) is 0 Å². The number of rotatable bonds is 1. The van der Waals surface area contributed by atoms with E-state index in [0.29, 0.717) is 5.56 Å². The Morgan fingerprint density at radius 3 is 2.44 bits per heavy atom. The van der Waals surface area contributed by atoms with E-state index in [4.69, 9.17) is 10.2 Å². The third kappa shape index (κ3) is 1.21. The Hall–Kier alpha value is -1.02. The van der Waals surface area contributed by atoms with Gasteiger partial charge in [0.05, 0.1) is 6.61 Å². The van der Waals surface area contributed by atoms with Gasteiger partial charge in [-0.2, -0.15) is 0 Å². The van der Waals surface area contributed by atoms with Crippen LogP contribution < -0.4 is 0 Å². The molecule has 0 saturated carbocycles. The lowest BCUT2D eigenvalue weighted by molar-refractivity contribution is 0.275. The molecule has 0 aliphatic heterocycles. The van der Waals surface area contributed by atoms with Crippen molar-refractivity contribution in [2.75, 3.05) is 0 Å². The van der Waals surface area contributed by atoms with Crippen molar-refractivity contribution in [3.63, 3.8) is 0 Å². The van der Waals surface area contributed by atoms with E-state index >= 15 is 0 Å². The quantitative estimate of drug-likeness (QED) is 0.593. The largest absolute Gasteiger partial charge is 0.508 e. The first-order valence-electron chi connectivity index (χ1n) is 2.72. The molecule has 0 unspecified atom stereocenters. The summed E-state index contributed by atoms with van der Waals surface area (Å²) in [4.78, 5) is 0. The minimum Gasteiger partial charge on any atom is -0.508 e. The van der Waals surface area contributed by atoms with Crippen molar-refractivity contribution in [3.05, 3.63) is 29.8 Å². The molecule has 0 aliphatic rings. The molecule has 2 heteroatoms. The Morgan fingerprint density at radius 2 is 2.00 bits per heavy atom. The van der Waals surface area contributed by atoms with Gasteiger partial charge in [0, 0.05) is 6.99 Å². The van der Waals surface area contributed by atoms with Gasteiger partial charge < -0.3 is 10.2 Å². The molecule has 0 aliphatic carbocycles. The van der Waals surface area contributed by atoms with Gasteiger partial charge >= 0.3 is 0 Å². The highest BCUT2D eigenvalue weighted by Crippen LogP contribution is 2.14. The molecule has 1 aromatic carbocycles. The van der Waals surface area contributed by atoms with Gasteiger partial charge in [0.1, 0.15) is 5.75 Å². The average molecular weight is 127 g/mol. The maximum absolute atomic E-state index is 8.95. The summed E-state index contributed by atoms with van der Waals surface area (Å²) in [6.45, 7) is -0.104. The molecular formula is C7H10O2. The van der Waals surface area contributed by atoms with Crippen molar-refractivity contribution < 1.29 is 11.6 Å². The summed E-state index contributed by atoms with van der Waals surface area (Å²) in [7, 11) is 0. The minimum atomic E-state index is -0.104. The van der Waals surface area contributed by atoms with Crippen LogP contribution in [-0.4, -0.2) is 10.2 Å². The Bertz CT molecular complexity index is 201. The van der Waals surface area contributed by atoms with Gasteiger partial charge in [0.25, 0.3) is 0 Å². The van der Waals surface area contributed by atoms with Gasteiger partial charge in [-0.1, -0.05) is 18.2 Å². The van der Waals surface area contributed by atoms with Crippen molar-refractivity contribution in [2.45, 2.75) is 6.61 Å². The van der Waals surface area contributed by atoms with E-state index in [1.165, 1.54) is 0 Å². The van der Waals surface area contributed by atoms with Crippen LogP contribution >= 0.6 is 0 Å². The zero-order chi connectivity index (χ0) is 6.69. The highest BCUT2D eigenvalue weighted by atomic mass is 16.3. The van der Waals surface area contributed by atoms with Crippen LogP contribution in [0.5, 0.6) is 5.75 Å². The Kier molecular flexibility index (Phi) is 1.70. The van der Waals surface area contributed by atoms with Crippen LogP contribution in [0.2, 0.25) is 0 Å². The summed E-state index contributed by atoms with van der Waals surface area (Å²) in [6.07, 6.45) is 0. The molecule has 0 bridgehead atoms. The van der Waals surface area contributed by atoms with E-state index in [2.05, 4.69) is 0 Å². The predicted octanol–water partition coefficient (Wildman–Crippen LogP) is 1.13. The fourth-order valence-corrected chi connectivity index (χ4v) is 0.645. The molecular weight excluding hydrogens is 116 g/mol. The lowest BCUT2D eigenvalue weighted by atomic mass is 10.2. The summed E-state index contributed by atoms with van der Waals surface area (Å²) in [5, 5.41) is 17.5. The molecule has 0 fully saturated rings. The zero-order valence-corrected chi connectivity index (χ0v) is 4.91. The summed E-state index contributed by atoms with van der Waals surface area (Å²) in [6, 6.07) is 6.71. The van der Waals surface area contributed by atoms with Gasteiger partial charge in [-0.3, -0.25) is 0 Å². The van der Waals surface area contributed by atoms with Crippen molar-refractivity contribution in [2.24, 2.45) is 0 Å². The highest BCUT2D eigenvalue weighted by Gasteiger charge is 1.93. The smallest absolute Gasteiger partial charge is 0.121 e. The van der Waals surface area contributed by atoms with Gasteiger partial charge in [-0.05, 0) is 6.07 Å². The molecule has 0 radical (unpaired) electrons. The Balaban J connectivity index is 0.000000810. The van der Waals surface area contributed by atoms with E-state index in [0.717, 1.165) is 0 Å². The standard InChI is InChI=1S/C7H8O2.H2/c8-5-6-3-1-2-4-7(6)9;/h1-4,8-9H,5H2;1H/i;1+1. The number of para-hydroxylation sites is 1. The number of phenols is 1. The van der Waals surface area contributed by atoms with Crippen LogP contribution in [0.25, 0.3) is 0 Å². The molecule has 1 rings (SSSR count). The van der Waals surface area contributed by atoms with Gasteiger partial charge in [0.2, 0.25) is 0 Å². The lowest BCUT2D eigenvalue weighted by Crippen LogP contribution is -1.80. The lowest BCUT2D eigenvalue weighted by Gasteiger charge is -1.96. The normalized spacial score (nSPS) is 9.44. The third-order valence-electron chi connectivity index (χ3n) is 1.16. The molecule has 50 valence electrons. The van der Waals surface area contributed by atoms with E-state index in [1.54, 1.807) is 24.3 Å². The molecule has 2 nitrogen and oxygen atoms in total. The second-order valence-corrected chi connectivity index (χ2v) is 1.79. The molecule has 9 heavy (non-hydrogen) atoms. The Morgan fingerprint density at radius 1 is 1.33 bits per heavy atom. The van der Waals surface area contributed by atoms with Crippen LogP contribution in [0, 0.1) is 0 Å². The van der Waals surface area contributed by atoms with Gasteiger partial charge in [-0.15, -0.1) is 0 Å². The Labute approximate surface area is 54.9 Å². The van der Waals surface area contributed by atoms with Crippen molar-refractivity contribution in [1.82, 2.24) is 0 Å². The van der Waals surface area contributed by atoms with Gasteiger partial charge in [-0.25, -0.2) is 0 Å². The van der Waals surface area contributed by atoms with Crippen molar-refractivity contribution in [1.29, 1.82) is 0 Å². The maximum Gasteiger partial charge on any atom is 0.121 e. The molecule has 0 spiro atoms. The molecule has 0 atom stereocenters. The molecule has 1 aromatic rings. The SMILES string of the molecule is OCc1ccccc1O.[2HH]. The topological polar surface area (TPSA) is 40.5 Å². The van der Waals surface area contributed by atoms with Gasteiger partial charge in [0.15, 0.2) is 0 Å². The number of aliphatic hydroxyl groups excluding tert-OH is 1. The number of aliphatic hydroxyl groups is 1. The summed E-state index contributed by atoms with van der Waals surface area (Å²) >= 11 is 0. The average Bonchev–Trinajstić information content (AvgIpc) is 1.89. The molecule has 0 heterocycles. The third-order valence-corrected chi connectivity index (χ3v) is 1.16. The summed E-state index contributed by atoms with van der Waals surface area (Å²) < 4.78 is 0. The molecule has 2 N–H and O–H groups in total. The van der Waals surface area contributed by atoms with Crippen molar-refractivity contribution in [3.8, 4) is 5.75 Å². The number of hydrogen-bond donors (Lipinski definition) is 2. The van der Waals surface area contributed by atoms with E-state index in [-0.39, 0.29) is 13.8 Å². The molecule has 0 saturated heterocycles. The first-order chi connectivity index (χ1) is 4.34. The second kappa shape index (κ2) is 2.51. The fraction of sp³-hybridized carbons (Fsp3) is 0.143. The monoisotopic (exact) mass is 127 g/mol. The second-order valence-electron chi connectivity index (χ2n) is 1.79. The first-order valence-corrected chi connectivity index (χ1v) is 2.72. The van der Waals surface area contributed by atoms with E-state index < -0.39 is 0 Å². The number of aromatic hydroxyl groups is 1. The number of benzene rings is 1. The van der Waals surface area contributed by atoms with Crippen LogP contribution in [0.15, 0.2) is 24.3 Å². The maximum atomic E-state index is 8.95. The molecule has 0 amide bonds. The van der Waals surface area contributed by atoms with Crippen LogP contribution in [0.4, 0.5) is 0 Å².